The normalized spacial score (nSPS) is 16.1. The minimum absolute atomic E-state index is 0.300. The predicted octanol–water partition coefficient (Wildman–Crippen LogP) is 1.05. The molecule has 0 bridgehead atoms. The first-order valence-electron chi connectivity index (χ1n) is 3.62. The molecule has 0 saturated carbocycles. The SMILES string of the molecule is CCC(O)(C=C(C)C)CN. The Morgan fingerprint density at radius 3 is 2.20 bits per heavy atom. The molecule has 0 aliphatic heterocycles. The van der Waals surface area contributed by atoms with Gasteiger partial charge in [-0.05, 0) is 20.3 Å². The Morgan fingerprint density at radius 1 is 1.60 bits per heavy atom. The van der Waals surface area contributed by atoms with E-state index in [0.29, 0.717) is 13.0 Å². The Kier molecular flexibility index (Phi) is 3.61. The van der Waals surface area contributed by atoms with Gasteiger partial charge in [-0.1, -0.05) is 18.6 Å². The molecule has 0 radical (unpaired) electrons. The van der Waals surface area contributed by atoms with Crippen molar-refractivity contribution in [1.82, 2.24) is 0 Å². The summed E-state index contributed by atoms with van der Waals surface area (Å²) in [6.07, 6.45) is 2.49. The lowest BCUT2D eigenvalue weighted by Gasteiger charge is -2.20. The Balaban J connectivity index is 4.20. The summed E-state index contributed by atoms with van der Waals surface area (Å²) in [6.45, 7) is 6.13. The summed E-state index contributed by atoms with van der Waals surface area (Å²) in [5, 5.41) is 9.60. The van der Waals surface area contributed by atoms with Gasteiger partial charge in [-0.15, -0.1) is 0 Å². The average molecular weight is 143 g/mol. The first kappa shape index (κ1) is 9.66. The van der Waals surface area contributed by atoms with Crippen LogP contribution in [-0.2, 0) is 0 Å². The quantitative estimate of drug-likeness (QED) is 0.580. The lowest BCUT2D eigenvalue weighted by atomic mass is 9.99. The average Bonchev–Trinajstić information content (AvgIpc) is 1.87. The molecule has 3 N–H and O–H groups in total. The first-order chi connectivity index (χ1) is 4.54. The maximum Gasteiger partial charge on any atom is 0.0949 e. The van der Waals surface area contributed by atoms with Crippen molar-refractivity contribution >= 4 is 0 Å². The van der Waals surface area contributed by atoms with Crippen LogP contribution >= 0.6 is 0 Å². The largest absolute Gasteiger partial charge is 0.384 e. The van der Waals surface area contributed by atoms with Gasteiger partial charge in [0.15, 0.2) is 0 Å². The molecule has 0 aliphatic rings. The lowest BCUT2D eigenvalue weighted by Crippen LogP contribution is -2.34. The Morgan fingerprint density at radius 2 is 2.10 bits per heavy atom. The second-order valence-electron chi connectivity index (χ2n) is 2.88. The molecule has 0 aliphatic carbocycles. The Labute approximate surface area is 62.7 Å². The monoisotopic (exact) mass is 143 g/mol. The predicted molar refractivity (Wildman–Crippen MR) is 43.7 cm³/mol. The van der Waals surface area contributed by atoms with Crippen LogP contribution in [0.1, 0.15) is 27.2 Å². The van der Waals surface area contributed by atoms with Gasteiger partial charge in [0.2, 0.25) is 0 Å². The molecule has 0 aromatic carbocycles. The highest BCUT2D eigenvalue weighted by atomic mass is 16.3. The zero-order chi connectivity index (χ0) is 8.20. The second kappa shape index (κ2) is 3.74. The van der Waals surface area contributed by atoms with Gasteiger partial charge in [0.1, 0.15) is 0 Å². The van der Waals surface area contributed by atoms with Gasteiger partial charge in [0, 0.05) is 6.54 Å². The van der Waals surface area contributed by atoms with E-state index in [-0.39, 0.29) is 0 Å². The fourth-order valence-electron chi connectivity index (χ4n) is 0.843. The van der Waals surface area contributed by atoms with E-state index in [2.05, 4.69) is 0 Å². The summed E-state index contributed by atoms with van der Waals surface area (Å²) in [6, 6.07) is 0. The van der Waals surface area contributed by atoms with Crippen molar-refractivity contribution in [2.75, 3.05) is 6.54 Å². The van der Waals surface area contributed by atoms with Crippen LogP contribution in [0.4, 0.5) is 0 Å². The van der Waals surface area contributed by atoms with Crippen molar-refractivity contribution in [3.05, 3.63) is 11.6 Å². The summed E-state index contributed by atoms with van der Waals surface area (Å²) in [5.41, 5.74) is 5.70. The Bertz CT molecular complexity index is 121. The van der Waals surface area contributed by atoms with Crippen LogP contribution in [0.15, 0.2) is 11.6 Å². The van der Waals surface area contributed by atoms with Crippen molar-refractivity contribution < 1.29 is 5.11 Å². The molecule has 0 aromatic rings. The van der Waals surface area contributed by atoms with Crippen LogP contribution in [-0.4, -0.2) is 17.3 Å². The van der Waals surface area contributed by atoms with Crippen molar-refractivity contribution in [2.45, 2.75) is 32.8 Å². The van der Waals surface area contributed by atoms with Gasteiger partial charge >= 0.3 is 0 Å². The maximum atomic E-state index is 9.60. The van der Waals surface area contributed by atoms with Gasteiger partial charge in [-0.25, -0.2) is 0 Å². The van der Waals surface area contributed by atoms with Gasteiger partial charge in [0.05, 0.1) is 5.60 Å². The molecule has 10 heavy (non-hydrogen) atoms. The molecule has 0 fully saturated rings. The van der Waals surface area contributed by atoms with Crippen LogP contribution in [0.2, 0.25) is 0 Å². The number of hydrogen-bond donors (Lipinski definition) is 2. The molecular formula is C8H17NO. The number of nitrogens with two attached hydrogens (primary N) is 1. The van der Waals surface area contributed by atoms with Crippen LogP contribution in [0.3, 0.4) is 0 Å². The molecule has 0 aromatic heterocycles. The summed E-state index contributed by atoms with van der Waals surface area (Å²) in [5.74, 6) is 0. The summed E-state index contributed by atoms with van der Waals surface area (Å²) in [4.78, 5) is 0. The fourth-order valence-corrected chi connectivity index (χ4v) is 0.843. The number of allylic oxidation sites excluding steroid dienone is 1. The van der Waals surface area contributed by atoms with E-state index in [0.717, 1.165) is 5.57 Å². The molecular weight excluding hydrogens is 126 g/mol. The van der Waals surface area contributed by atoms with Gasteiger partial charge < -0.3 is 10.8 Å². The molecule has 2 nitrogen and oxygen atoms in total. The standard InChI is InChI=1S/C8H17NO/c1-4-8(10,6-9)5-7(2)3/h5,10H,4,6,9H2,1-3H3. The van der Waals surface area contributed by atoms with Crippen LogP contribution in [0.25, 0.3) is 0 Å². The zero-order valence-corrected chi connectivity index (χ0v) is 7.02. The van der Waals surface area contributed by atoms with E-state index >= 15 is 0 Å². The number of aliphatic hydroxyl groups is 1. The summed E-state index contributed by atoms with van der Waals surface area (Å²) >= 11 is 0. The minimum atomic E-state index is -0.779. The minimum Gasteiger partial charge on any atom is -0.384 e. The third-order valence-electron chi connectivity index (χ3n) is 1.52. The van der Waals surface area contributed by atoms with Crippen LogP contribution in [0, 0.1) is 0 Å². The number of rotatable bonds is 3. The van der Waals surface area contributed by atoms with E-state index in [1.54, 1.807) is 0 Å². The topological polar surface area (TPSA) is 46.2 Å². The molecule has 0 saturated heterocycles. The van der Waals surface area contributed by atoms with Crippen LogP contribution in [0.5, 0.6) is 0 Å². The fraction of sp³-hybridized carbons (Fsp3) is 0.750. The smallest absolute Gasteiger partial charge is 0.0949 e. The van der Waals surface area contributed by atoms with E-state index < -0.39 is 5.60 Å². The van der Waals surface area contributed by atoms with E-state index in [1.165, 1.54) is 0 Å². The van der Waals surface area contributed by atoms with Gasteiger partial charge in [-0.3, -0.25) is 0 Å². The first-order valence-corrected chi connectivity index (χ1v) is 3.62. The van der Waals surface area contributed by atoms with Gasteiger partial charge in [0.25, 0.3) is 0 Å². The Hall–Kier alpha value is -0.340. The third kappa shape index (κ3) is 2.99. The molecule has 2 heteroatoms. The summed E-state index contributed by atoms with van der Waals surface area (Å²) < 4.78 is 0. The van der Waals surface area contributed by atoms with E-state index in [9.17, 15) is 5.11 Å². The molecule has 60 valence electrons. The van der Waals surface area contributed by atoms with Crippen LogP contribution < -0.4 is 5.73 Å². The molecule has 1 atom stereocenters. The van der Waals surface area contributed by atoms with E-state index in [1.807, 2.05) is 26.8 Å². The molecule has 0 amide bonds. The number of hydrogen-bond acceptors (Lipinski definition) is 2. The van der Waals surface area contributed by atoms with Crippen molar-refractivity contribution in [1.29, 1.82) is 0 Å². The highest BCUT2D eigenvalue weighted by molar-refractivity contribution is 5.06. The maximum absolute atomic E-state index is 9.60. The molecule has 0 heterocycles. The summed E-state index contributed by atoms with van der Waals surface area (Å²) in [7, 11) is 0. The molecule has 1 unspecified atom stereocenters. The molecule has 0 spiro atoms. The second-order valence-corrected chi connectivity index (χ2v) is 2.88. The lowest BCUT2D eigenvalue weighted by molar-refractivity contribution is 0.0951. The van der Waals surface area contributed by atoms with Crippen molar-refractivity contribution in [3.63, 3.8) is 0 Å². The van der Waals surface area contributed by atoms with Crippen molar-refractivity contribution in [2.24, 2.45) is 5.73 Å². The zero-order valence-electron chi connectivity index (χ0n) is 7.02. The van der Waals surface area contributed by atoms with Crippen molar-refractivity contribution in [3.8, 4) is 0 Å². The highest BCUT2D eigenvalue weighted by Crippen LogP contribution is 2.11. The van der Waals surface area contributed by atoms with E-state index in [4.69, 9.17) is 5.73 Å². The third-order valence-corrected chi connectivity index (χ3v) is 1.52. The van der Waals surface area contributed by atoms with Gasteiger partial charge in [-0.2, -0.15) is 0 Å². The molecule has 0 rings (SSSR count). The highest BCUT2D eigenvalue weighted by Gasteiger charge is 2.18.